The van der Waals surface area contributed by atoms with E-state index in [9.17, 15) is 9.59 Å². The molecule has 6 nitrogen and oxygen atoms in total. The number of carbonyl (C=O) groups excluding carboxylic acids is 2. The lowest BCUT2D eigenvalue weighted by atomic mass is 10.1. The van der Waals surface area contributed by atoms with Crippen molar-refractivity contribution in [2.75, 3.05) is 16.3 Å². The molecule has 1 aliphatic rings. The number of rotatable bonds is 1. The minimum Gasteiger partial charge on any atom is -0.306 e. The molecule has 3 aromatic rings. The number of para-hydroxylation sites is 2. The molecule has 2 aromatic heterocycles. The summed E-state index contributed by atoms with van der Waals surface area (Å²) in [7, 11) is 0. The first-order valence-electron chi connectivity index (χ1n) is 8.21. The fraction of sp³-hybridized carbons (Fsp3) is 0.211. The van der Waals surface area contributed by atoms with Crippen LogP contribution >= 0.6 is 0 Å². The van der Waals surface area contributed by atoms with Gasteiger partial charge in [-0.3, -0.25) is 9.59 Å². The lowest BCUT2D eigenvalue weighted by Gasteiger charge is -2.40. The Labute approximate surface area is 145 Å². The molecule has 0 radical (unpaired) electrons. The van der Waals surface area contributed by atoms with Gasteiger partial charge >= 0.3 is 0 Å². The molecule has 126 valence electrons. The number of benzene rings is 1. The van der Waals surface area contributed by atoms with Gasteiger partial charge in [0.25, 0.3) is 5.91 Å². The highest BCUT2D eigenvalue weighted by molar-refractivity contribution is 6.10. The normalized spacial score (nSPS) is 16.8. The van der Waals surface area contributed by atoms with Crippen LogP contribution in [0.3, 0.4) is 0 Å². The minimum atomic E-state index is -0.161. The number of hydrogen-bond acceptors (Lipinski definition) is 3. The van der Waals surface area contributed by atoms with Gasteiger partial charge in [-0.2, -0.15) is 5.10 Å². The maximum absolute atomic E-state index is 13.1. The van der Waals surface area contributed by atoms with Crippen LogP contribution in [0.1, 0.15) is 24.3 Å². The molecule has 2 amide bonds. The first-order valence-corrected chi connectivity index (χ1v) is 8.21. The Hall–Kier alpha value is -3.15. The van der Waals surface area contributed by atoms with Gasteiger partial charge in [0.2, 0.25) is 5.91 Å². The molecule has 1 aromatic carbocycles. The molecule has 3 heterocycles. The number of fused-ring (bicyclic) bond motifs is 2. The van der Waals surface area contributed by atoms with Crippen LogP contribution in [0.2, 0.25) is 0 Å². The molecule has 0 N–H and O–H groups in total. The van der Waals surface area contributed by atoms with Crippen molar-refractivity contribution in [2.24, 2.45) is 0 Å². The van der Waals surface area contributed by atoms with Crippen molar-refractivity contribution in [3.05, 3.63) is 60.4 Å². The van der Waals surface area contributed by atoms with E-state index in [1.165, 1.54) is 0 Å². The standard InChI is InChI=1S/C19H18N4O2/c1-13-12-21(17-8-3-4-9-18(17)23(13)14(2)24)19(25)16-11-15-7-5-6-10-22(15)20-16/h3-11,13H,12H2,1-2H3/t13-/m0/s1. The summed E-state index contributed by atoms with van der Waals surface area (Å²) in [5, 5.41) is 4.38. The summed E-state index contributed by atoms with van der Waals surface area (Å²) in [6.45, 7) is 3.93. The summed E-state index contributed by atoms with van der Waals surface area (Å²) in [5.74, 6) is -0.189. The predicted octanol–water partition coefficient (Wildman–Crippen LogP) is 2.74. The summed E-state index contributed by atoms with van der Waals surface area (Å²) in [6.07, 6.45) is 1.82. The first kappa shape index (κ1) is 15.4. The van der Waals surface area contributed by atoms with Crippen molar-refractivity contribution in [1.29, 1.82) is 0 Å². The molecule has 0 fully saturated rings. The number of pyridine rings is 1. The van der Waals surface area contributed by atoms with Crippen molar-refractivity contribution in [2.45, 2.75) is 19.9 Å². The van der Waals surface area contributed by atoms with E-state index in [0.717, 1.165) is 16.9 Å². The van der Waals surface area contributed by atoms with Crippen molar-refractivity contribution >= 4 is 28.7 Å². The summed E-state index contributed by atoms with van der Waals surface area (Å²) < 4.78 is 1.69. The SMILES string of the molecule is CC(=O)N1c2ccccc2N(C(=O)c2cc3ccccn3n2)C[C@@H]1C. The molecule has 25 heavy (non-hydrogen) atoms. The maximum Gasteiger partial charge on any atom is 0.278 e. The van der Waals surface area contributed by atoms with Gasteiger partial charge in [-0.15, -0.1) is 0 Å². The number of hydrogen-bond donors (Lipinski definition) is 0. The van der Waals surface area contributed by atoms with Crippen LogP contribution in [0.5, 0.6) is 0 Å². The highest BCUT2D eigenvalue weighted by Gasteiger charge is 2.34. The number of amides is 2. The van der Waals surface area contributed by atoms with E-state index in [1.54, 1.807) is 27.3 Å². The Morgan fingerprint density at radius 1 is 1.08 bits per heavy atom. The van der Waals surface area contributed by atoms with Gasteiger partial charge in [0.05, 0.1) is 22.9 Å². The zero-order chi connectivity index (χ0) is 17.6. The number of anilines is 2. The summed E-state index contributed by atoms with van der Waals surface area (Å²) in [5.41, 5.74) is 2.75. The number of nitrogens with zero attached hydrogens (tertiary/aromatic N) is 4. The zero-order valence-electron chi connectivity index (χ0n) is 14.1. The molecule has 0 saturated heterocycles. The average Bonchev–Trinajstić information content (AvgIpc) is 3.04. The second kappa shape index (κ2) is 5.73. The van der Waals surface area contributed by atoms with E-state index in [-0.39, 0.29) is 17.9 Å². The van der Waals surface area contributed by atoms with E-state index in [1.807, 2.05) is 55.6 Å². The van der Waals surface area contributed by atoms with Crippen LogP contribution < -0.4 is 9.80 Å². The molecule has 0 bridgehead atoms. The fourth-order valence-electron chi connectivity index (χ4n) is 3.43. The van der Waals surface area contributed by atoms with E-state index >= 15 is 0 Å². The predicted molar refractivity (Wildman–Crippen MR) is 95.9 cm³/mol. The third-order valence-electron chi connectivity index (χ3n) is 4.49. The van der Waals surface area contributed by atoms with Crippen molar-refractivity contribution in [1.82, 2.24) is 9.61 Å². The topological polar surface area (TPSA) is 57.9 Å². The number of aromatic nitrogens is 2. The van der Waals surface area contributed by atoms with Gasteiger partial charge in [0, 0.05) is 19.7 Å². The quantitative estimate of drug-likeness (QED) is 0.687. The fourth-order valence-corrected chi connectivity index (χ4v) is 3.43. The molecule has 0 spiro atoms. The average molecular weight is 334 g/mol. The van der Waals surface area contributed by atoms with Crippen LogP contribution in [0.4, 0.5) is 11.4 Å². The highest BCUT2D eigenvalue weighted by Crippen LogP contribution is 2.36. The van der Waals surface area contributed by atoms with E-state index in [2.05, 4.69) is 5.10 Å². The molecule has 0 saturated carbocycles. The van der Waals surface area contributed by atoms with Crippen LogP contribution in [0.25, 0.3) is 5.52 Å². The van der Waals surface area contributed by atoms with Crippen LogP contribution in [-0.2, 0) is 4.79 Å². The third-order valence-corrected chi connectivity index (χ3v) is 4.49. The summed E-state index contributed by atoms with van der Waals surface area (Å²) in [6, 6.07) is 14.9. The molecule has 1 aliphatic heterocycles. The third kappa shape index (κ3) is 2.46. The van der Waals surface area contributed by atoms with Crippen LogP contribution in [0, 0.1) is 0 Å². The van der Waals surface area contributed by atoms with E-state index < -0.39 is 0 Å². The number of carbonyl (C=O) groups is 2. The zero-order valence-corrected chi connectivity index (χ0v) is 14.1. The largest absolute Gasteiger partial charge is 0.306 e. The van der Waals surface area contributed by atoms with Gasteiger partial charge in [0.15, 0.2) is 5.69 Å². The highest BCUT2D eigenvalue weighted by atomic mass is 16.2. The van der Waals surface area contributed by atoms with Crippen molar-refractivity contribution in [3.8, 4) is 0 Å². The first-order chi connectivity index (χ1) is 12.1. The van der Waals surface area contributed by atoms with Gasteiger partial charge < -0.3 is 9.80 Å². The van der Waals surface area contributed by atoms with Crippen molar-refractivity contribution < 1.29 is 9.59 Å². The molecule has 0 aliphatic carbocycles. The second-order valence-corrected chi connectivity index (χ2v) is 6.24. The molecule has 1 atom stereocenters. The van der Waals surface area contributed by atoms with Gasteiger partial charge in [-0.05, 0) is 37.3 Å². The Balaban J connectivity index is 1.78. The monoisotopic (exact) mass is 334 g/mol. The molecular weight excluding hydrogens is 316 g/mol. The molecule has 4 rings (SSSR count). The lowest BCUT2D eigenvalue weighted by molar-refractivity contribution is -0.117. The van der Waals surface area contributed by atoms with Crippen molar-refractivity contribution in [3.63, 3.8) is 0 Å². The van der Waals surface area contributed by atoms with Gasteiger partial charge in [0.1, 0.15) is 0 Å². The summed E-state index contributed by atoms with van der Waals surface area (Å²) in [4.78, 5) is 28.6. The van der Waals surface area contributed by atoms with Gasteiger partial charge in [-0.25, -0.2) is 4.52 Å². The Bertz CT molecular complexity index is 945. The minimum absolute atomic E-state index is 0.0280. The summed E-state index contributed by atoms with van der Waals surface area (Å²) >= 11 is 0. The molecular formula is C19H18N4O2. The second-order valence-electron chi connectivity index (χ2n) is 6.24. The van der Waals surface area contributed by atoms with Gasteiger partial charge in [-0.1, -0.05) is 18.2 Å². The van der Waals surface area contributed by atoms with Crippen LogP contribution in [-0.4, -0.2) is 34.0 Å². The smallest absolute Gasteiger partial charge is 0.278 e. The maximum atomic E-state index is 13.1. The Morgan fingerprint density at radius 3 is 2.52 bits per heavy atom. The lowest BCUT2D eigenvalue weighted by Crippen LogP contribution is -2.51. The molecule has 0 unspecified atom stereocenters. The van der Waals surface area contributed by atoms with Crippen LogP contribution in [0.15, 0.2) is 54.7 Å². The molecule has 6 heteroatoms. The Morgan fingerprint density at radius 2 is 1.80 bits per heavy atom. The van der Waals surface area contributed by atoms with E-state index in [4.69, 9.17) is 0 Å². The Kier molecular flexibility index (Phi) is 3.53. The van der Waals surface area contributed by atoms with E-state index in [0.29, 0.717) is 12.2 Å².